The Labute approximate surface area is 192 Å². The van der Waals surface area contributed by atoms with Crippen LogP contribution in [-0.4, -0.2) is 54.0 Å². The van der Waals surface area contributed by atoms with Crippen molar-refractivity contribution in [1.82, 2.24) is 15.1 Å². The molecule has 1 saturated heterocycles. The van der Waals surface area contributed by atoms with Crippen LogP contribution in [0.1, 0.15) is 31.2 Å². The van der Waals surface area contributed by atoms with Crippen molar-refractivity contribution in [2.24, 2.45) is 5.92 Å². The molecule has 1 saturated carbocycles. The van der Waals surface area contributed by atoms with Gasteiger partial charge in [0.15, 0.2) is 0 Å². The maximum Gasteiger partial charge on any atom is 0.321 e. The fourth-order valence-corrected chi connectivity index (χ4v) is 4.82. The van der Waals surface area contributed by atoms with Crippen molar-refractivity contribution in [3.63, 3.8) is 0 Å². The van der Waals surface area contributed by atoms with Gasteiger partial charge >= 0.3 is 6.03 Å². The minimum atomic E-state index is -0.399. The summed E-state index contributed by atoms with van der Waals surface area (Å²) in [7, 11) is 0. The molecule has 2 N–H and O–H groups in total. The minimum absolute atomic E-state index is 0.0103. The Balaban J connectivity index is 1.34. The second-order valence-corrected chi connectivity index (χ2v) is 8.80. The van der Waals surface area contributed by atoms with Crippen molar-refractivity contribution in [3.8, 4) is 0 Å². The summed E-state index contributed by atoms with van der Waals surface area (Å²) in [5.74, 6) is -0.410. The van der Waals surface area contributed by atoms with E-state index < -0.39 is 5.82 Å². The van der Waals surface area contributed by atoms with Gasteiger partial charge in [0, 0.05) is 38.4 Å². The molecule has 4 rings (SSSR count). The first-order valence-electron chi connectivity index (χ1n) is 11.6. The SMILES string of the molecule is O=C(NCc1ccc(F)cc1)[C@H](C1CCCC1)N1CCN(C(=O)Nc2cccc(F)c2)CC1. The van der Waals surface area contributed by atoms with Gasteiger partial charge in [-0.15, -0.1) is 0 Å². The first kappa shape index (κ1) is 23.2. The van der Waals surface area contributed by atoms with Gasteiger partial charge in [-0.25, -0.2) is 13.6 Å². The number of hydrogen-bond donors (Lipinski definition) is 2. The fourth-order valence-electron chi connectivity index (χ4n) is 4.82. The lowest BCUT2D eigenvalue weighted by atomic mass is 9.95. The highest BCUT2D eigenvalue weighted by atomic mass is 19.1. The number of hydrogen-bond acceptors (Lipinski definition) is 3. The molecule has 1 atom stereocenters. The van der Waals surface area contributed by atoms with Crippen LogP contribution < -0.4 is 10.6 Å². The Morgan fingerprint density at radius 1 is 0.939 bits per heavy atom. The average molecular weight is 457 g/mol. The first-order chi connectivity index (χ1) is 16.0. The van der Waals surface area contributed by atoms with Gasteiger partial charge in [0.25, 0.3) is 0 Å². The van der Waals surface area contributed by atoms with E-state index in [2.05, 4.69) is 15.5 Å². The van der Waals surface area contributed by atoms with Crippen LogP contribution in [0.4, 0.5) is 19.3 Å². The molecule has 1 aliphatic heterocycles. The number of urea groups is 1. The molecule has 3 amide bonds. The number of piperazine rings is 1. The van der Waals surface area contributed by atoms with Crippen LogP contribution in [0, 0.1) is 17.6 Å². The number of nitrogens with one attached hydrogen (secondary N) is 2. The van der Waals surface area contributed by atoms with Crippen molar-refractivity contribution in [3.05, 3.63) is 65.7 Å². The summed E-state index contributed by atoms with van der Waals surface area (Å²) in [5, 5.41) is 5.77. The van der Waals surface area contributed by atoms with E-state index in [0.717, 1.165) is 31.2 Å². The summed E-state index contributed by atoms with van der Waals surface area (Å²) in [6, 6.07) is 11.5. The van der Waals surface area contributed by atoms with Crippen molar-refractivity contribution in [1.29, 1.82) is 0 Å². The molecule has 2 aromatic rings. The van der Waals surface area contributed by atoms with E-state index in [9.17, 15) is 18.4 Å². The maximum absolute atomic E-state index is 13.4. The van der Waals surface area contributed by atoms with Gasteiger partial charge in [-0.2, -0.15) is 0 Å². The first-order valence-corrected chi connectivity index (χ1v) is 11.6. The molecule has 2 aliphatic rings. The Hall–Kier alpha value is -3.00. The maximum atomic E-state index is 13.4. The van der Waals surface area contributed by atoms with Gasteiger partial charge in [-0.3, -0.25) is 9.69 Å². The van der Waals surface area contributed by atoms with Crippen molar-refractivity contribution >= 4 is 17.6 Å². The molecule has 0 bridgehead atoms. The largest absolute Gasteiger partial charge is 0.351 e. The Morgan fingerprint density at radius 2 is 1.64 bits per heavy atom. The van der Waals surface area contributed by atoms with Gasteiger partial charge in [-0.1, -0.05) is 31.0 Å². The zero-order valence-electron chi connectivity index (χ0n) is 18.6. The van der Waals surface area contributed by atoms with E-state index in [0.29, 0.717) is 44.3 Å². The second-order valence-electron chi connectivity index (χ2n) is 8.80. The van der Waals surface area contributed by atoms with Crippen LogP contribution in [0.25, 0.3) is 0 Å². The Bertz CT molecular complexity index is 955. The third kappa shape index (κ3) is 6.07. The van der Waals surface area contributed by atoms with E-state index in [1.807, 2.05) is 0 Å². The quantitative estimate of drug-likeness (QED) is 0.691. The van der Waals surface area contributed by atoms with Crippen LogP contribution in [0.2, 0.25) is 0 Å². The lowest BCUT2D eigenvalue weighted by Gasteiger charge is -2.40. The van der Waals surface area contributed by atoms with Gasteiger partial charge in [0.1, 0.15) is 11.6 Å². The number of rotatable bonds is 6. The number of halogens is 2. The molecule has 6 nitrogen and oxygen atoms in total. The smallest absolute Gasteiger partial charge is 0.321 e. The summed E-state index contributed by atoms with van der Waals surface area (Å²) in [6.07, 6.45) is 4.30. The third-order valence-corrected chi connectivity index (χ3v) is 6.57. The van der Waals surface area contributed by atoms with Crippen LogP contribution in [-0.2, 0) is 11.3 Å². The summed E-state index contributed by atoms with van der Waals surface area (Å²) in [5.41, 5.74) is 1.28. The lowest BCUT2D eigenvalue weighted by Crippen LogP contribution is -2.58. The zero-order chi connectivity index (χ0) is 23.2. The normalized spacial score (nSPS) is 18.2. The molecule has 0 radical (unpaired) electrons. The molecule has 8 heteroatoms. The van der Waals surface area contributed by atoms with Crippen LogP contribution in [0.5, 0.6) is 0 Å². The number of anilines is 1. The van der Waals surface area contributed by atoms with E-state index in [1.54, 1.807) is 29.2 Å². The van der Waals surface area contributed by atoms with E-state index in [4.69, 9.17) is 0 Å². The number of carbonyl (C=O) groups is 2. The molecular weight excluding hydrogens is 426 g/mol. The summed E-state index contributed by atoms with van der Waals surface area (Å²) in [6.45, 7) is 2.55. The predicted octanol–water partition coefficient (Wildman–Crippen LogP) is 3.99. The highest BCUT2D eigenvalue weighted by Gasteiger charge is 2.37. The highest BCUT2D eigenvalue weighted by Crippen LogP contribution is 2.31. The molecular formula is C25H30F2N4O2. The Kier molecular flexibility index (Phi) is 7.54. The van der Waals surface area contributed by atoms with E-state index in [1.165, 1.54) is 24.3 Å². The molecule has 0 spiro atoms. The van der Waals surface area contributed by atoms with E-state index in [-0.39, 0.29) is 23.8 Å². The summed E-state index contributed by atoms with van der Waals surface area (Å²) >= 11 is 0. The van der Waals surface area contributed by atoms with Crippen LogP contribution in [0.3, 0.4) is 0 Å². The minimum Gasteiger partial charge on any atom is -0.351 e. The molecule has 2 fully saturated rings. The molecule has 1 heterocycles. The van der Waals surface area contributed by atoms with Crippen LogP contribution >= 0.6 is 0 Å². The third-order valence-electron chi connectivity index (χ3n) is 6.57. The monoisotopic (exact) mass is 456 g/mol. The molecule has 1 aliphatic carbocycles. The number of carbonyl (C=O) groups excluding carboxylic acids is 2. The molecule has 33 heavy (non-hydrogen) atoms. The lowest BCUT2D eigenvalue weighted by molar-refractivity contribution is -0.129. The number of benzene rings is 2. The van der Waals surface area contributed by atoms with E-state index >= 15 is 0 Å². The summed E-state index contributed by atoms with van der Waals surface area (Å²) in [4.78, 5) is 29.7. The molecule has 2 aromatic carbocycles. The van der Waals surface area contributed by atoms with Crippen molar-refractivity contribution in [2.45, 2.75) is 38.3 Å². The number of amides is 3. The van der Waals surface area contributed by atoms with Gasteiger partial charge in [0.05, 0.1) is 6.04 Å². The van der Waals surface area contributed by atoms with Crippen molar-refractivity contribution < 1.29 is 18.4 Å². The highest BCUT2D eigenvalue weighted by molar-refractivity contribution is 5.89. The standard InChI is InChI=1S/C25H30F2N4O2/c26-20-10-8-18(9-11-20)17-28-24(32)23(19-4-1-2-5-19)30-12-14-31(15-13-30)25(33)29-22-7-3-6-21(27)16-22/h3,6-11,16,19,23H,1-2,4-5,12-15,17H2,(H,28,32)(H,29,33)/t23-/m0/s1. The zero-order valence-corrected chi connectivity index (χ0v) is 18.6. The number of nitrogens with zero attached hydrogens (tertiary/aromatic N) is 2. The van der Waals surface area contributed by atoms with Gasteiger partial charge in [-0.05, 0) is 54.7 Å². The average Bonchev–Trinajstić information content (AvgIpc) is 3.34. The molecule has 0 aromatic heterocycles. The summed E-state index contributed by atoms with van der Waals surface area (Å²) < 4.78 is 26.5. The van der Waals surface area contributed by atoms with Gasteiger partial charge < -0.3 is 15.5 Å². The second kappa shape index (κ2) is 10.7. The van der Waals surface area contributed by atoms with Crippen LogP contribution in [0.15, 0.2) is 48.5 Å². The Morgan fingerprint density at radius 3 is 2.30 bits per heavy atom. The van der Waals surface area contributed by atoms with Crippen molar-refractivity contribution in [2.75, 3.05) is 31.5 Å². The fraction of sp³-hybridized carbons (Fsp3) is 0.440. The van der Waals surface area contributed by atoms with Gasteiger partial charge in [0.2, 0.25) is 5.91 Å². The molecule has 0 unspecified atom stereocenters. The predicted molar refractivity (Wildman–Crippen MR) is 123 cm³/mol. The molecule has 176 valence electrons. The topological polar surface area (TPSA) is 64.7 Å².